The molecule has 1 aliphatic rings. The van der Waals surface area contributed by atoms with Crippen LogP contribution in [0.3, 0.4) is 0 Å². The molecule has 3 N–H and O–H groups in total. The maximum Gasteiger partial charge on any atom is 0.228 e. The molecule has 0 aromatic heterocycles. The zero-order valence-electron chi connectivity index (χ0n) is 11.9. The van der Waals surface area contributed by atoms with Crippen molar-refractivity contribution >= 4 is 17.3 Å². The molecule has 0 saturated carbocycles. The third-order valence-corrected chi connectivity index (χ3v) is 3.40. The molecule has 0 saturated heterocycles. The van der Waals surface area contributed by atoms with Gasteiger partial charge in [-0.2, -0.15) is 0 Å². The maximum absolute atomic E-state index is 11.4. The molecular formula is C16H16N2O3. The van der Waals surface area contributed by atoms with Gasteiger partial charge in [-0.3, -0.25) is 4.79 Å². The van der Waals surface area contributed by atoms with Gasteiger partial charge in [-0.25, -0.2) is 0 Å². The number of benzene rings is 2. The van der Waals surface area contributed by atoms with Crippen LogP contribution in [0, 0.1) is 6.92 Å². The van der Waals surface area contributed by atoms with E-state index in [0.29, 0.717) is 29.4 Å². The van der Waals surface area contributed by atoms with Gasteiger partial charge in [0.2, 0.25) is 5.91 Å². The smallest absolute Gasteiger partial charge is 0.228 e. The van der Waals surface area contributed by atoms with E-state index in [1.807, 2.05) is 25.1 Å². The topological polar surface area (TPSA) is 73.6 Å². The van der Waals surface area contributed by atoms with Crippen molar-refractivity contribution in [1.82, 2.24) is 0 Å². The Kier molecular flexibility index (Phi) is 3.17. The molecule has 0 radical (unpaired) electrons. The van der Waals surface area contributed by atoms with Crippen LogP contribution in [0.2, 0.25) is 0 Å². The van der Waals surface area contributed by atoms with E-state index in [1.54, 1.807) is 19.2 Å². The number of carbonyl (C=O) groups excluding carboxylic acids is 1. The molecule has 0 bridgehead atoms. The average molecular weight is 284 g/mol. The predicted octanol–water partition coefficient (Wildman–Crippen LogP) is 2.87. The molecule has 0 unspecified atom stereocenters. The molecule has 1 amide bonds. The van der Waals surface area contributed by atoms with Crippen molar-refractivity contribution in [2.24, 2.45) is 0 Å². The van der Waals surface area contributed by atoms with Crippen molar-refractivity contribution in [1.29, 1.82) is 0 Å². The maximum atomic E-state index is 11.4. The predicted molar refractivity (Wildman–Crippen MR) is 81.0 cm³/mol. The summed E-state index contributed by atoms with van der Waals surface area (Å²) in [4.78, 5) is 11.4. The fourth-order valence-corrected chi connectivity index (χ4v) is 2.34. The fraction of sp³-hybridized carbons (Fsp3) is 0.188. The lowest BCUT2D eigenvalue weighted by Crippen LogP contribution is -2.03. The minimum absolute atomic E-state index is 0.0329. The highest BCUT2D eigenvalue weighted by molar-refractivity contribution is 6.00. The van der Waals surface area contributed by atoms with Crippen LogP contribution >= 0.6 is 0 Å². The van der Waals surface area contributed by atoms with Gasteiger partial charge in [-0.05, 0) is 36.2 Å². The molecule has 108 valence electrons. The highest BCUT2D eigenvalue weighted by Crippen LogP contribution is 2.38. The number of hydrogen-bond donors (Lipinski definition) is 2. The number of hydrogen-bond acceptors (Lipinski definition) is 4. The number of anilines is 2. The lowest BCUT2D eigenvalue weighted by Gasteiger charge is -2.13. The monoisotopic (exact) mass is 284 g/mol. The summed E-state index contributed by atoms with van der Waals surface area (Å²) in [6, 6.07) is 9.17. The number of nitrogens with two attached hydrogens (primary N) is 1. The number of ether oxygens (including phenoxy) is 2. The van der Waals surface area contributed by atoms with E-state index in [-0.39, 0.29) is 5.91 Å². The lowest BCUT2D eigenvalue weighted by atomic mass is 10.1. The third kappa shape index (κ3) is 2.50. The summed E-state index contributed by atoms with van der Waals surface area (Å²) in [5, 5.41) is 2.78. The number of rotatable bonds is 3. The van der Waals surface area contributed by atoms with Crippen LogP contribution in [-0.2, 0) is 11.2 Å². The molecule has 0 aliphatic carbocycles. The van der Waals surface area contributed by atoms with Crippen LogP contribution in [-0.4, -0.2) is 13.0 Å². The Bertz CT molecular complexity index is 726. The van der Waals surface area contributed by atoms with Crippen molar-refractivity contribution in [3.8, 4) is 17.2 Å². The number of fused-ring (bicyclic) bond motifs is 1. The van der Waals surface area contributed by atoms with Crippen molar-refractivity contribution in [3.63, 3.8) is 0 Å². The standard InChI is InChI=1S/C16H16N2O3/c1-9-3-4-13(15(5-9)20-2)21-14-8-12-10(6-11(14)17)7-16(19)18-12/h3-6,8H,7,17H2,1-2H3,(H,18,19). The Morgan fingerprint density at radius 3 is 2.71 bits per heavy atom. The molecule has 1 aliphatic heterocycles. The molecule has 5 nitrogen and oxygen atoms in total. The van der Waals surface area contributed by atoms with E-state index < -0.39 is 0 Å². The molecule has 3 rings (SSSR count). The number of aryl methyl sites for hydroxylation is 1. The Morgan fingerprint density at radius 1 is 1.14 bits per heavy atom. The van der Waals surface area contributed by atoms with Crippen LogP contribution in [0.1, 0.15) is 11.1 Å². The number of nitrogen functional groups attached to an aromatic ring is 1. The number of amides is 1. The Morgan fingerprint density at radius 2 is 1.95 bits per heavy atom. The van der Waals surface area contributed by atoms with Crippen LogP contribution < -0.4 is 20.5 Å². The molecular weight excluding hydrogens is 268 g/mol. The second-order valence-electron chi connectivity index (χ2n) is 5.03. The first kappa shape index (κ1) is 13.3. The fourth-order valence-electron chi connectivity index (χ4n) is 2.34. The van der Waals surface area contributed by atoms with Gasteiger partial charge in [0.05, 0.1) is 19.2 Å². The Balaban J connectivity index is 1.96. The molecule has 0 spiro atoms. The second-order valence-corrected chi connectivity index (χ2v) is 5.03. The summed E-state index contributed by atoms with van der Waals surface area (Å²) < 4.78 is 11.2. The van der Waals surface area contributed by atoms with E-state index in [1.165, 1.54) is 0 Å². The van der Waals surface area contributed by atoms with Gasteiger partial charge in [0.1, 0.15) is 0 Å². The van der Waals surface area contributed by atoms with E-state index in [4.69, 9.17) is 15.2 Å². The van der Waals surface area contributed by atoms with Gasteiger partial charge in [0, 0.05) is 11.8 Å². The van der Waals surface area contributed by atoms with Crippen molar-refractivity contribution < 1.29 is 14.3 Å². The van der Waals surface area contributed by atoms with Gasteiger partial charge in [0.25, 0.3) is 0 Å². The first-order valence-electron chi connectivity index (χ1n) is 6.61. The number of carbonyl (C=O) groups is 1. The van der Waals surface area contributed by atoms with E-state index in [9.17, 15) is 4.79 Å². The van der Waals surface area contributed by atoms with Crippen LogP contribution in [0.5, 0.6) is 17.2 Å². The molecule has 21 heavy (non-hydrogen) atoms. The number of methoxy groups -OCH3 is 1. The van der Waals surface area contributed by atoms with E-state index >= 15 is 0 Å². The van der Waals surface area contributed by atoms with Gasteiger partial charge in [-0.1, -0.05) is 6.07 Å². The summed E-state index contributed by atoms with van der Waals surface area (Å²) in [6.45, 7) is 1.98. The highest BCUT2D eigenvalue weighted by atomic mass is 16.5. The molecule has 0 atom stereocenters. The first-order chi connectivity index (χ1) is 10.1. The molecule has 0 fully saturated rings. The summed E-state index contributed by atoms with van der Waals surface area (Å²) in [6.07, 6.45) is 0.355. The van der Waals surface area contributed by atoms with Gasteiger partial charge >= 0.3 is 0 Å². The summed E-state index contributed by atoms with van der Waals surface area (Å²) in [5.41, 5.74) is 9.21. The normalized spacial score (nSPS) is 12.8. The second kappa shape index (κ2) is 5.01. The molecule has 2 aromatic carbocycles. The first-order valence-corrected chi connectivity index (χ1v) is 6.61. The van der Waals surface area contributed by atoms with Crippen molar-refractivity contribution in [2.75, 3.05) is 18.2 Å². The SMILES string of the molecule is COc1cc(C)ccc1Oc1cc2c(cc1N)CC(=O)N2. The van der Waals surface area contributed by atoms with E-state index in [0.717, 1.165) is 16.8 Å². The molecule has 2 aromatic rings. The van der Waals surface area contributed by atoms with Gasteiger partial charge in [-0.15, -0.1) is 0 Å². The van der Waals surface area contributed by atoms with Crippen molar-refractivity contribution in [3.05, 3.63) is 41.5 Å². The quantitative estimate of drug-likeness (QED) is 0.850. The Labute approximate surface area is 122 Å². The summed E-state index contributed by atoms with van der Waals surface area (Å²) in [5.74, 6) is 1.69. The summed E-state index contributed by atoms with van der Waals surface area (Å²) >= 11 is 0. The zero-order valence-corrected chi connectivity index (χ0v) is 11.9. The van der Waals surface area contributed by atoms with Gasteiger partial charge in [0.15, 0.2) is 17.2 Å². The van der Waals surface area contributed by atoms with Crippen LogP contribution in [0.15, 0.2) is 30.3 Å². The third-order valence-electron chi connectivity index (χ3n) is 3.40. The highest BCUT2D eigenvalue weighted by Gasteiger charge is 2.20. The number of nitrogens with one attached hydrogen (secondary N) is 1. The molecule has 1 heterocycles. The minimum atomic E-state index is -0.0329. The Hall–Kier alpha value is -2.69. The summed E-state index contributed by atoms with van der Waals surface area (Å²) in [7, 11) is 1.59. The minimum Gasteiger partial charge on any atom is -0.493 e. The average Bonchev–Trinajstić information content (AvgIpc) is 2.80. The molecule has 5 heteroatoms. The van der Waals surface area contributed by atoms with Crippen molar-refractivity contribution in [2.45, 2.75) is 13.3 Å². The largest absolute Gasteiger partial charge is 0.493 e. The zero-order chi connectivity index (χ0) is 15.0. The van der Waals surface area contributed by atoms with E-state index in [2.05, 4.69) is 5.32 Å². The van der Waals surface area contributed by atoms with Crippen LogP contribution in [0.4, 0.5) is 11.4 Å². The lowest BCUT2D eigenvalue weighted by molar-refractivity contribution is -0.115. The van der Waals surface area contributed by atoms with Gasteiger partial charge < -0.3 is 20.5 Å². The van der Waals surface area contributed by atoms with Crippen LogP contribution in [0.25, 0.3) is 0 Å².